The summed E-state index contributed by atoms with van der Waals surface area (Å²) in [6.45, 7) is 1.87. The zero-order chi connectivity index (χ0) is 31.9. The molecule has 2 aliphatic heterocycles. The molecule has 1 saturated carbocycles. The highest BCUT2D eigenvalue weighted by Crippen LogP contribution is 2.46. The maximum Gasteiger partial charge on any atom is 0.264 e. The van der Waals surface area contributed by atoms with Crippen LogP contribution in [0.1, 0.15) is 65.7 Å². The van der Waals surface area contributed by atoms with Crippen molar-refractivity contribution in [3.05, 3.63) is 100 Å². The third-order valence-electron chi connectivity index (χ3n) is 10.5. The van der Waals surface area contributed by atoms with Gasteiger partial charge in [-0.15, -0.1) is 0 Å². The molecule has 1 fully saturated rings. The number of fused-ring (bicyclic) bond motifs is 4. The monoisotopic (exact) mass is 661 g/mol. The lowest BCUT2D eigenvalue weighted by Crippen LogP contribution is -2.49. The maximum atomic E-state index is 13.7. The van der Waals surface area contributed by atoms with Crippen molar-refractivity contribution in [2.24, 2.45) is 11.8 Å². The number of pyridine rings is 1. The lowest BCUT2D eigenvalue weighted by atomic mass is 9.68. The molecule has 1 amide bonds. The van der Waals surface area contributed by atoms with Gasteiger partial charge in [-0.3, -0.25) is 9.78 Å². The number of amides is 1. The zero-order valence-corrected chi connectivity index (χ0v) is 27.3. The van der Waals surface area contributed by atoms with Crippen LogP contribution in [0.15, 0.2) is 72.9 Å². The van der Waals surface area contributed by atoms with Crippen molar-refractivity contribution in [3.63, 3.8) is 0 Å². The number of ether oxygens (including phenoxy) is 1. The van der Waals surface area contributed by atoms with E-state index in [1.165, 1.54) is 11.1 Å². The number of benzene rings is 2. The molecule has 2 aromatic carbocycles. The SMILES string of the molecule is O=C1NS(=O)(=O)[C@H](Cc2ccccn2)CC/C=C/[C@H](O)[C@@H]2CC[C@H]2CN2C[C@@]3(CCCc4cc(Cl)ccc43)COc3ccc1cc32. The molecule has 10 heteroatoms. The third kappa shape index (κ3) is 6.17. The van der Waals surface area contributed by atoms with Gasteiger partial charge < -0.3 is 14.7 Å². The van der Waals surface area contributed by atoms with Crippen LogP contribution in [0.2, 0.25) is 5.02 Å². The molecule has 2 N–H and O–H groups in total. The zero-order valence-electron chi connectivity index (χ0n) is 25.8. The molecule has 1 spiro atoms. The van der Waals surface area contributed by atoms with Gasteiger partial charge in [0.05, 0.1) is 23.6 Å². The number of halogens is 1. The second-order valence-corrected chi connectivity index (χ2v) is 15.8. The summed E-state index contributed by atoms with van der Waals surface area (Å²) in [4.78, 5) is 20.3. The van der Waals surface area contributed by atoms with Crippen LogP contribution in [0.25, 0.3) is 0 Å². The number of carbonyl (C=O) groups excluding carboxylic acids is 1. The first-order valence-electron chi connectivity index (χ1n) is 16.3. The van der Waals surface area contributed by atoms with E-state index in [0.29, 0.717) is 37.6 Å². The van der Waals surface area contributed by atoms with Crippen LogP contribution in [0.5, 0.6) is 5.75 Å². The fraction of sp³-hybridized carbons (Fsp3) is 0.444. The van der Waals surface area contributed by atoms with Gasteiger partial charge in [0.2, 0.25) is 10.0 Å². The molecular weight excluding hydrogens is 622 g/mol. The number of aryl methyl sites for hydroxylation is 1. The van der Waals surface area contributed by atoms with Crippen LogP contribution in [-0.2, 0) is 28.3 Å². The van der Waals surface area contributed by atoms with E-state index in [4.69, 9.17) is 16.3 Å². The highest BCUT2D eigenvalue weighted by molar-refractivity contribution is 7.90. The predicted octanol–water partition coefficient (Wildman–Crippen LogP) is 5.62. The number of hydrogen-bond donors (Lipinski definition) is 2. The van der Waals surface area contributed by atoms with Gasteiger partial charge in [-0.2, -0.15) is 0 Å². The Labute approximate surface area is 275 Å². The number of anilines is 1. The highest BCUT2D eigenvalue weighted by Gasteiger charge is 2.44. The summed E-state index contributed by atoms with van der Waals surface area (Å²) < 4.78 is 36.3. The minimum atomic E-state index is -4.06. The van der Waals surface area contributed by atoms with E-state index in [0.717, 1.165) is 42.8 Å². The second kappa shape index (κ2) is 12.7. The van der Waals surface area contributed by atoms with E-state index >= 15 is 0 Å². The molecule has 2 aliphatic carbocycles. The van der Waals surface area contributed by atoms with E-state index in [1.807, 2.05) is 24.3 Å². The first-order valence-corrected chi connectivity index (χ1v) is 18.2. The van der Waals surface area contributed by atoms with Crippen molar-refractivity contribution in [2.75, 3.05) is 24.6 Å². The van der Waals surface area contributed by atoms with E-state index in [-0.39, 0.29) is 35.7 Å². The van der Waals surface area contributed by atoms with E-state index in [2.05, 4.69) is 26.7 Å². The van der Waals surface area contributed by atoms with Gasteiger partial charge in [0, 0.05) is 47.4 Å². The van der Waals surface area contributed by atoms with Crippen LogP contribution in [0.3, 0.4) is 0 Å². The number of aromatic nitrogens is 1. The normalized spacial score (nSPS) is 29.7. The number of nitrogens with zero attached hydrogens (tertiary/aromatic N) is 2. The van der Waals surface area contributed by atoms with E-state index in [1.54, 1.807) is 36.5 Å². The number of aliphatic hydroxyl groups is 1. The quantitative estimate of drug-likeness (QED) is 0.344. The number of allylic oxidation sites excluding steroid dienone is 1. The Bertz CT molecular complexity index is 1750. The van der Waals surface area contributed by atoms with Crippen molar-refractivity contribution in [1.82, 2.24) is 9.71 Å². The molecule has 3 aromatic rings. The Balaban J connectivity index is 1.26. The molecule has 46 heavy (non-hydrogen) atoms. The van der Waals surface area contributed by atoms with Crippen molar-refractivity contribution in [2.45, 2.75) is 68.1 Å². The standard InChI is InChI=1S/C36H40ClN3O5S/c37-27-12-14-31-24(18-27)6-5-16-36(31)22-40-21-26-10-13-30(26)33(41)9-2-1-8-29(20-28-7-3-4-17-38-28)46(43,44)39-35(42)25-11-15-34(45-23-36)32(40)19-25/h2-4,7,9,11-12,14-15,17-19,26,29-30,33,41H,1,5-6,8,10,13,16,20-23H2,(H,39,42)/b9-2+/t26-,29-,30+,33-,36-/m0/s1. The smallest absolute Gasteiger partial charge is 0.264 e. The Morgan fingerprint density at radius 3 is 2.80 bits per heavy atom. The average Bonchev–Trinajstić information content (AvgIpc) is 3.17. The van der Waals surface area contributed by atoms with Crippen molar-refractivity contribution in [3.8, 4) is 5.75 Å². The van der Waals surface area contributed by atoms with Crippen LogP contribution in [-0.4, -0.2) is 55.5 Å². The molecular formula is C36H40ClN3O5S. The largest absolute Gasteiger partial charge is 0.490 e. The summed E-state index contributed by atoms with van der Waals surface area (Å²) >= 11 is 6.41. The van der Waals surface area contributed by atoms with Crippen molar-refractivity contribution in [1.29, 1.82) is 0 Å². The molecule has 5 atom stereocenters. The molecule has 7 rings (SSSR count). The van der Waals surface area contributed by atoms with Gasteiger partial charge in [0.15, 0.2) is 0 Å². The molecule has 4 aliphatic rings. The number of aliphatic hydroxyl groups excluding tert-OH is 1. The van der Waals surface area contributed by atoms with Crippen LogP contribution >= 0.6 is 11.6 Å². The molecule has 0 radical (unpaired) electrons. The number of carbonyl (C=O) groups is 1. The van der Waals surface area contributed by atoms with Gasteiger partial charge in [-0.05, 0) is 110 Å². The van der Waals surface area contributed by atoms with Crippen molar-refractivity contribution >= 4 is 33.2 Å². The van der Waals surface area contributed by atoms with Gasteiger partial charge in [0.25, 0.3) is 5.91 Å². The lowest BCUT2D eigenvalue weighted by molar-refractivity contribution is 0.0456. The van der Waals surface area contributed by atoms with Crippen LogP contribution in [0.4, 0.5) is 5.69 Å². The van der Waals surface area contributed by atoms with Crippen molar-refractivity contribution < 1.29 is 23.1 Å². The van der Waals surface area contributed by atoms with E-state index < -0.39 is 27.3 Å². The van der Waals surface area contributed by atoms with Gasteiger partial charge >= 0.3 is 0 Å². The summed E-state index contributed by atoms with van der Waals surface area (Å²) in [7, 11) is -4.06. The highest BCUT2D eigenvalue weighted by atomic mass is 35.5. The predicted molar refractivity (Wildman–Crippen MR) is 179 cm³/mol. The number of sulfonamides is 1. The minimum Gasteiger partial charge on any atom is -0.490 e. The summed E-state index contributed by atoms with van der Waals surface area (Å²) in [6.07, 6.45) is 10.5. The minimum absolute atomic E-state index is 0.102. The Morgan fingerprint density at radius 1 is 1.11 bits per heavy atom. The molecule has 242 valence electrons. The molecule has 0 saturated heterocycles. The van der Waals surface area contributed by atoms with Crippen LogP contribution in [0, 0.1) is 11.8 Å². The van der Waals surface area contributed by atoms with Crippen LogP contribution < -0.4 is 14.4 Å². The summed E-state index contributed by atoms with van der Waals surface area (Å²) in [5.41, 5.74) is 3.89. The van der Waals surface area contributed by atoms with Gasteiger partial charge in [-0.1, -0.05) is 35.9 Å². The third-order valence-corrected chi connectivity index (χ3v) is 12.5. The molecule has 8 nitrogen and oxygen atoms in total. The lowest BCUT2D eigenvalue weighted by Gasteiger charge is -2.45. The fourth-order valence-corrected chi connectivity index (χ4v) is 9.43. The average molecular weight is 662 g/mol. The van der Waals surface area contributed by atoms with Gasteiger partial charge in [-0.25, -0.2) is 13.1 Å². The second-order valence-electron chi connectivity index (χ2n) is 13.4. The number of nitrogens with one attached hydrogen (secondary N) is 1. The maximum absolute atomic E-state index is 13.7. The first-order chi connectivity index (χ1) is 22.2. The topological polar surface area (TPSA) is 109 Å². The molecule has 3 heterocycles. The molecule has 0 unspecified atom stereocenters. The Hall–Kier alpha value is -3.40. The first kappa shape index (κ1) is 31.2. The summed E-state index contributed by atoms with van der Waals surface area (Å²) in [5, 5.41) is 11.1. The van der Waals surface area contributed by atoms with Gasteiger partial charge in [0.1, 0.15) is 5.75 Å². The van der Waals surface area contributed by atoms with E-state index in [9.17, 15) is 18.3 Å². The number of hydrogen-bond acceptors (Lipinski definition) is 7. The fourth-order valence-electron chi connectivity index (χ4n) is 7.86. The Kier molecular flexibility index (Phi) is 8.59. The molecule has 2 bridgehead atoms. The summed E-state index contributed by atoms with van der Waals surface area (Å²) in [5.74, 6) is 0.371. The Morgan fingerprint density at radius 2 is 2.00 bits per heavy atom. The number of rotatable bonds is 2. The summed E-state index contributed by atoms with van der Waals surface area (Å²) in [6, 6.07) is 16.8. The molecule has 1 aromatic heterocycles.